The normalized spacial score (nSPS) is 15.6. The van der Waals surface area contributed by atoms with Crippen molar-refractivity contribution in [2.24, 2.45) is 5.10 Å². The Bertz CT molecular complexity index is 995. The van der Waals surface area contributed by atoms with Gasteiger partial charge >= 0.3 is 0 Å². The van der Waals surface area contributed by atoms with Crippen molar-refractivity contribution in [3.8, 4) is 0 Å². The molecule has 0 atom stereocenters. The minimum Gasteiger partial charge on any atom is -0.267 e. The van der Waals surface area contributed by atoms with Gasteiger partial charge in [0.1, 0.15) is 11.6 Å². The summed E-state index contributed by atoms with van der Waals surface area (Å²) in [6.07, 6.45) is 1.67. The molecule has 3 rings (SSSR count). The predicted octanol–water partition coefficient (Wildman–Crippen LogP) is 2.90. The topological polar surface area (TPSA) is 78.8 Å². The highest BCUT2D eigenvalue weighted by Crippen LogP contribution is 2.21. The maximum Gasteiger partial charge on any atom is 0.271 e. The van der Waals surface area contributed by atoms with Crippen LogP contribution in [0, 0.1) is 11.6 Å². The Balaban J connectivity index is 1.73. The van der Waals surface area contributed by atoms with Crippen molar-refractivity contribution in [3.05, 3.63) is 65.2 Å². The second-order valence-corrected chi connectivity index (χ2v) is 8.31. The molecule has 0 aliphatic carbocycles. The number of hydrogen-bond acceptors (Lipinski definition) is 4. The highest BCUT2D eigenvalue weighted by atomic mass is 32.2. The van der Waals surface area contributed by atoms with E-state index in [1.807, 2.05) is 0 Å². The summed E-state index contributed by atoms with van der Waals surface area (Å²) in [7, 11) is -3.56. The molecule has 148 valence electrons. The molecule has 0 saturated carbocycles. The Hall–Kier alpha value is -2.65. The molecule has 0 spiro atoms. The smallest absolute Gasteiger partial charge is 0.267 e. The second kappa shape index (κ2) is 8.15. The van der Waals surface area contributed by atoms with Gasteiger partial charge in [-0.25, -0.2) is 22.6 Å². The highest BCUT2D eigenvalue weighted by Gasteiger charge is 2.27. The summed E-state index contributed by atoms with van der Waals surface area (Å²) in [5, 5.41) is 3.74. The van der Waals surface area contributed by atoms with E-state index < -0.39 is 27.6 Å². The Morgan fingerprint density at radius 3 is 2.18 bits per heavy atom. The summed E-state index contributed by atoms with van der Waals surface area (Å²) in [6.45, 7) is 2.35. The molecule has 0 aromatic heterocycles. The third kappa shape index (κ3) is 4.10. The van der Waals surface area contributed by atoms with Crippen LogP contribution in [0.1, 0.15) is 35.7 Å². The molecule has 2 aromatic rings. The summed E-state index contributed by atoms with van der Waals surface area (Å²) in [5.41, 5.74) is 2.04. The number of nitrogens with zero attached hydrogens (tertiary/aromatic N) is 2. The minimum atomic E-state index is -3.56. The first-order chi connectivity index (χ1) is 13.3. The number of nitrogens with one attached hydrogen (secondary N) is 1. The first-order valence-corrected chi connectivity index (χ1v) is 10.1. The maximum absolute atomic E-state index is 13.7. The average Bonchev–Trinajstić information content (AvgIpc) is 3.22. The third-order valence-electron chi connectivity index (χ3n) is 4.47. The molecule has 0 unspecified atom stereocenters. The molecule has 1 amide bonds. The van der Waals surface area contributed by atoms with Gasteiger partial charge in [0.25, 0.3) is 5.91 Å². The minimum absolute atomic E-state index is 0.0304. The zero-order valence-corrected chi connectivity index (χ0v) is 16.0. The lowest BCUT2D eigenvalue weighted by atomic mass is 10.1. The van der Waals surface area contributed by atoms with Crippen LogP contribution >= 0.6 is 0 Å². The van der Waals surface area contributed by atoms with E-state index in [1.54, 1.807) is 0 Å². The van der Waals surface area contributed by atoms with Gasteiger partial charge in [-0.05, 0) is 56.2 Å². The SMILES string of the molecule is C/C(=N/NC(=O)c1ccc(S(=O)(=O)N2CCCC2)cc1)c1c(F)cccc1F. The lowest BCUT2D eigenvalue weighted by Gasteiger charge is -2.15. The molecule has 28 heavy (non-hydrogen) atoms. The number of sulfonamides is 1. The fourth-order valence-electron chi connectivity index (χ4n) is 2.95. The number of rotatable bonds is 5. The number of carbonyl (C=O) groups is 1. The Morgan fingerprint density at radius 2 is 1.61 bits per heavy atom. The summed E-state index contributed by atoms with van der Waals surface area (Å²) < 4.78 is 53.9. The molecule has 0 radical (unpaired) electrons. The number of carbonyl (C=O) groups excluding carboxylic acids is 1. The van der Waals surface area contributed by atoms with Gasteiger partial charge in [-0.3, -0.25) is 4.79 Å². The van der Waals surface area contributed by atoms with Crippen molar-refractivity contribution in [1.82, 2.24) is 9.73 Å². The van der Waals surface area contributed by atoms with E-state index in [4.69, 9.17) is 0 Å². The highest BCUT2D eigenvalue weighted by molar-refractivity contribution is 7.89. The van der Waals surface area contributed by atoms with Crippen molar-refractivity contribution in [3.63, 3.8) is 0 Å². The molecule has 6 nitrogen and oxygen atoms in total. The summed E-state index contributed by atoms with van der Waals surface area (Å²) in [6, 6.07) is 8.88. The van der Waals surface area contributed by atoms with Crippen LogP contribution in [-0.2, 0) is 10.0 Å². The standard InChI is InChI=1S/C19H19F2N3O3S/c1-13(18-16(20)5-4-6-17(18)21)22-23-19(25)14-7-9-15(10-8-14)28(26,27)24-11-2-3-12-24/h4-10H,2-3,11-12H2,1H3,(H,23,25)/b22-13-. The molecule has 1 N–H and O–H groups in total. The van der Waals surface area contributed by atoms with Crippen LogP contribution < -0.4 is 5.43 Å². The first kappa shape index (κ1) is 20.1. The van der Waals surface area contributed by atoms with E-state index >= 15 is 0 Å². The largest absolute Gasteiger partial charge is 0.271 e. The molecule has 1 heterocycles. The molecule has 9 heteroatoms. The fraction of sp³-hybridized carbons (Fsp3) is 0.263. The number of halogens is 2. The zero-order valence-electron chi connectivity index (χ0n) is 15.2. The molecular weight excluding hydrogens is 388 g/mol. The van der Waals surface area contributed by atoms with Gasteiger partial charge in [-0.2, -0.15) is 9.41 Å². The third-order valence-corrected chi connectivity index (χ3v) is 6.38. The lowest BCUT2D eigenvalue weighted by Crippen LogP contribution is -2.28. The van der Waals surface area contributed by atoms with E-state index in [0.717, 1.165) is 25.0 Å². The van der Waals surface area contributed by atoms with Crippen LogP contribution in [0.25, 0.3) is 0 Å². The molecule has 1 aliphatic rings. The van der Waals surface area contributed by atoms with Crippen LogP contribution in [0.4, 0.5) is 8.78 Å². The second-order valence-electron chi connectivity index (χ2n) is 6.37. The van der Waals surface area contributed by atoms with Gasteiger partial charge in [-0.1, -0.05) is 6.07 Å². The molecular formula is C19H19F2N3O3S. The summed E-state index contributed by atoms with van der Waals surface area (Å²) in [4.78, 5) is 12.3. The van der Waals surface area contributed by atoms with Gasteiger partial charge in [0, 0.05) is 18.7 Å². The van der Waals surface area contributed by atoms with E-state index in [-0.39, 0.29) is 21.7 Å². The quantitative estimate of drug-likeness (QED) is 0.612. The molecule has 2 aromatic carbocycles. The average molecular weight is 407 g/mol. The van der Waals surface area contributed by atoms with E-state index in [2.05, 4.69) is 10.5 Å². The van der Waals surface area contributed by atoms with E-state index in [1.165, 1.54) is 41.6 Å². The van der Waals surface area contributed by atoms with E-state index in [9.17, 15) is 22.0 Å². The fourth-order valence-corrected chi connectivity index (χ4v) is 4.47. The van der Waals surface area contributed by atoms with Gasteiger partial charge in [0.05, 0.1) is 16.2 Å². The monoisotopic (exact) mass is 407 g/mol. The zero-order chi connectivity index (χ0) is 20.3. The van der Waals surface area contributed by atoms with Gasteiger partial charge < -0.3 is 0 Å². The van der Waals surface area contributed by atoms with Crippen LogP contribution in [0.15, 0.2) is 52.5 Å². The number of hydrogen-bond donors (Lipinski definition) is 1. The first-order valence-electron chi connectivity index (χ1n) is 8.70. The maximum atomic E-state index is 13.7. The summed E-state index contributed by atoms with van der Waals surface area (Å²) in [5.74, 6) is -2.19. The Kier molecular flexibility index (Phi) is 5.85. The van der Waals surface area contributed by atoms with Gasteiger partial charge in [0.15, 0.2) is 0 Å². The van der Waals surface area contributed by atoms with Crippen molar-refractivity contribution >= 4 is 21.6 Å². The summed E-state index contributed by atoms with van der Waals surface area (Å²) >= 11 is 0. The van der Waals surface area contributed by atoms with Crippen LogP contribution in [-0.4, -0.2) is 37.4 Å². The Labute approximate surface area is 161 Å². The number of amides is 1. The molecule has 1 fully saturated rings. The van der Waals surface area contributed by atoms with Crippen molar-refractivity contribution in [1.29, 1.82) is 0 Å². The van der Waals surface area contributed by atoms with E-state index in [0.29, 0.717) is 13.1 Å². The van der Waals surface area contributed by atoms with Crippen LogP contribution in [0.3, 0.4) is 0 Å². The molecule has 1 aliphatic heterocycles. The number of hydrazone groups is 1. The van der Waals surface area contributed by atoms with Crippen LogP contribution in [0.2, 0.25) is 0 Å². The van der Waals surface area contributed by atoms with Crippen molar-refractivity contribution in [2.45, 2.75) is 24.7 Å². The van der Waals surface area contributed by atoms with Crippen molar-refractivity contribution in [2.75, 3.05) is 13.1 Å². The van der Waals surface area contributed by atoms with Gasteiger partial charge in [0.2, 0.25) is 10.0 Å². The Morgan fingerprint density at radius 1 is 1.04 bits per heavy atom. The lowest BCUT2D eigenvalue weighted by molar-refractivity contribution is 0.0954. The van der Waals surface area contributed by atoms with Crippen LogP contribution in [0.5, 0.6) is 0 Å². The number of benzene rings is 2. The predicted molar refractivity (Wildman–Crippen MR) is 100 cm³/mol. The molecule has 1 saturated heterocycles. The van der Waals surface area contributed by atoms with Crippen molar-refractivity contribution < 1.29 is 22.0 Å². The molecule has 0 bridgehead atoms. The van der Waals surface area contributed by atoms with Gasteiger partial charge in [-0.15, -0.1) is 0 Å².